The summed E-state index contributed by atoms with van der Waals surface area (Å²) in [5.74, 6) is 0.541. The number of carbonyl (C=O) groups excluding carboxylic acids is 1. The Morgan fingerprint density at radius 3 is 2.80 bits per heavy atom. The summed E-state index contributed by atoms with van der Waals surface area (Å²) in [4.78, 5) is 12.7. The van der Waals surface area contributed by atoms with Crippen molar-refractivity contribution in [2.45, 2.75) is 0 Å². The van der Waals surface area contributed by atoms with Crippen molar-refractivity contribution in [3.63, 3.8) is 0 Å². The Kier molecular flexibility index (Phi) is 4.59. The molecule has 0 amide bonds. The molecule has 1 rings (SSSR count). The van der Waals surface area contributed by atoms with Gasteiger partial charge in [-0.1, -0.05) is 11.6 Å². The van der Waals surface area contributed by atoms with E-state index in [4.69, 9.17) is 16.3 Å². The number of ether oxygens (including phenoxy) is 1. The molecule has 4 heteroatoms. The number of hydrogen-bond acceptors (Lipinski definition) is 3. The highest BCUT2D eigenvalue weighted by atomic mass is 35.5. The molecule has 1 aromatic rings. The van der Waals surface area contributed by atoms with Crippen LogP contribution < -0.4 is 4.74 Å². The Morgan fingerprint density at radius 1 is 1.47 bits per heavy atom. The van der Waals surface area contributed by atoms with E-state index in [1.54, 1.807) is 18.2 Å². The van der Waals surface area contributed by atoms with Crippen LogP contribution in [-0.2, 0) is 0 Å². The molecule has 0 N–H and O–H groups in total. The average Bonchev–Trinajstić information content (AvgIpc) is 2.17. The number of halogens is 1. The number of benzene rings is 1. The van der Waals surface area contributed by atoms with Crippen molar-refractivity contribution in [3.05, 3.63) is 28.8 Å². The number of aldehydes is 1. The highest BCUT2D eigenvalue weighted by Gasteiger charge is 2.03. The van der Waals surface area contributed by atoms with E-state index >= 15 is 0 Å². The summed E-state index contributed by atoms with van der Waals surface area (Å²) in [5, 5.41) is 0.570. The van der Waals surface area contributed by atoms with Gasteiger partial charge in [-0.25, -0.2) is 0 Å². The lowest BCUT2D eigenvalue weighted by Gasteiger charge is -2.12. The highest BCUT2D eigenvalue weighted by Crippen LogP contribution is 2.21. The SMILES string of the molecule is CN(C)CCOc1cc(Cl)ccc1C=O. The number of carbonyl (C=O) groups is 1. The quantitative estimate of drug-likeness (QED) is 0.722. The van der Waals surface area contributed by atoms with E-state index in [-0.39, 0.29) is 0 Å². The largest absolute Gasteiger partial charge is 0.491 e. The second-order valence-electron chi connectivity index (χ2n) is 3.45. The molecule has 1 aromatic carbocycles. The van der Waals surface area contributed by atoms with E-state index in [1.807, 2.05) is 19.0 Å². The van der Waals surface area contributed by atoms with Gasteiger partial charge in [0.25, 0.3) is 0 Å². The maximum atomic E-state index is 10.7. The molecule has 0 aromatic heterocycles. The average molecular weight is 228 g/mol. The second kappa shape index (κ2) is 5.73. The van der Waals surface area contributed by atoms with Crippen LogP contribution in [0.1, 0.15) is 10.4 Å². The van der Waals surface area contributed by atoms with Gasteiger partial charge in [0.05, 0.1) is 5.56 Å². The third-order valence-electron chi connectivity index (χ3n) is 1.90. The first kappa shape index (κ1) is 12.0. The van der Waals surface area contributed by atoms with E-state index in [0.717, 1.165) is 12.8 Å². The van der Waals surface area contributed by atoms with Crippen LogP contribution in [0.3, 0.4) is 0 Å². The summed E-state index contributed by atoms with van der Waals surface area (Å²) in [6.45, 7) is 1.33. The first-order chi connectivity index (χ1) is 7.13. The van der Waals surface area contributed by atoms with Gasteiger partial charge in [-0.3, -0.25) is 4.79 Å². The van der Waals surface area contributed by atoms with Crippen molar-refractivity contribution in [3.8, 4) is 5.75 Å². The van der Waals surface area contributed by atoms with Gasteiger partial charge in [-0.2, -0.15) is 0 Å². The maximum Gasteiger partial charge on any atom is 0.153 e. The predicted molar refractivity (Wildman–Crippen MR) is 60.9 cm³/mol. The van der Waals surface area contributed by atoms with Crippen molar-refractivity contribution in [2.75, 3.05) is 27.2 Å². The number of nitrogens with zero attached hydrogens (tertiary/aromatic N) is 1. The molecule has 0 aliphatic rings. The zero-order valence-corrected chi connectivity index (χ0v) is 9.62. The molecule has 82 valence electrons. The van der Waals surface area contributed by atoms with E-state index in [2.05, 4.69) is 0 Å². The van der Waals surface area contributed by atoms with Crippen LogP contribution >= 0.6 is 11.6 Å². The van der Waals surface area contributed by atoms with Crippen LogP contribution in [0.5, 0.6) is 5.75 Å². The summed E-state index contributed by atoms with van der Waals surface area (Å²) < 4.78 is 5.46. The minimum absolute atomic E-state index is 0.526. The van der Waals surface area contributed by atoms with E-state index in [0.29, 0.717) is 22.9 Å². The number of hydrogen-bond donors (Lipinski definition) is 0. The fourth-order valence-corrected chi connectivity index (χ4v) is 1.23. The normalized spacial score (nSPS) is 10.4. The number of likely N-dealkylation sites (N-methyl/N-ethyl adjacent to an activating group) is 1. The molecular formula is C11H14ClNO2. The van der Waals surface area contributed by atoms with Gasteiger partial charge in [0.1, 0.15) is 12.4 Å². The zero-order valence-electron chi connectivity index (χ0n) is 8.87. The molecular weight excluding hydrogens is 214 g/mol. The Hall–Kier alpha value is -1.06. The Labute approximate surface area is 94.6 Å². The second-order valence-corrected chi connectivity index (χ2v) is 3.89. The monoisotopic (exact) mass is 227 g/mol. The van der Waals surface area contributed by atoms with Gasteiger partial charge in [-0.05, 0) is 32.3 Å². The van der Waals surface area contributed by atoms with Crippen molar-refractivity contribution in [1.82, 2.24) is 4.90 Å². The van der Waals surface area contributed by atoms with Crippen molar-refractivity contribution < 1.29 is 9.53 Å². The van der Waals surface area contributed by atoms with E-state index in [9.17, 15) is 4.79 Å². The van der Waals surface area contributed by atoms with Crippen LogP contribution in [0.2, 0.25) is 5.02 Å². The predicted octanol–water partition coefficient (Wildman–Crippen LogP) is 2.09. The molecule has 0 aliphatic carbocycles. The smallest absolute Gasteiger partial charge is 0.153 e. The van der Waals surface area contributed by atoms with Gasteiger partial charge < -0.3 is 9.64 Å². The summed E-state index contributed by atoms with van der Waals surface area (Å²) >= 11 is 5.81. The lowest BCUT2D eigenvalue weighted by molar-refractivity contribution is 0.111. The van der Waals surface area contributed by atoms with E-state index < -0.39 is 0 Å². The Morgan fingerprint density at radius 2 is 2.20 bits per heavy atom. The first-order valence-corrected chi connectivity index (χ1v) is 5.03. The minimum atomic E-state index is 0.526. The molecule has 0 spiro atoms. The molecule has 0 atom stereocenters. The lowest BCUT2D eigenvalue weighted by Crippen LogP contribution is -2.19. The fourth-order valence-electron chi connectivity index (χ4n) is 1.07. The molecule has 0 aliphatic heterocycles. The van der Waals surface area contributed by atoms with Crippen LogP contribution in [0, 0.1) is 0 Å². The Balaban J connectivity index is 2.66. The van der Waals surface area contributed by atoms with Gasteiger partial charge in [0.2, 0.25) is 0 Å². The van der Waals surface area contributed by atoms with Crippen molar-refractivity contribution in [1.29, 1.82) is 0 Å². The molecule has 0 fully saturated rings. The summed E-state index contributed by atoms with van der Waals surface area (Å²) in [7, 11) is 3.92. The van der Waals surface area contributed by atoms with Crippen molar-refractivity contribution in [2.24, 2.45) is 0 Å². The Bertz CT molecular complexity index is 339. The molecule has 3 nitrogen and oxygen atoms in total. The summed E-state index contributed by atoms with van der Waals surface area (Å²) in [6.07, 6.45) is 0.765. The fraction of sp³-hybridized carbons (Fsp3) is 0.364. The molecule has 0 radical (unpaired) electrons. The summed E-state index contributed by atoms with van der Waals surface area (Å²) in [6, 6.07) is 4.98. The molecule has 0 unspecified atom stereocenters. The van der Waals surface area contributed by atoms with Gasteiger partial charge in [0, 0.05) is 11.6 Å². The van der Waals surface area contributed by atoms with Crippen LogP contribution in [0.4, 0.5) is 0 Å². The first-order valence-electron chi connectivity index (χ1n) is 4.65. The zero-order chi connectivity index (χ0) is 11.3. The van der Waals surface area contributed by atoms with Crippen LogP contribution in [0.25, 0.3) is 0 Å². The number of rotatable bonds is 5. The van der Waals surface area contributed by atoms with Crippen LogP contribution in [0.15, 0.2) is 18.2 Å². The van der Waals surface area contributed by atoms with E-state index in [1.165, 1.54) is 0 Å². The lowest BCUT2D eigenvalue weighted by atomic mass is 10.2. The van der Waals surface area contributed by atoms with Gasteiger partial charge in [-0.15, -0.1) is 0 Å². The van der Waals surface area contributed by atoms with Crippen LogP contribution in [-0.4, -0.2) is 38.4 Å². The van der Waals surface area contributed by atoms with Crippen molar-refractivity contribution >= 4 is 17.9 Å². The summed E-state index contributed by atoms with van der Waals surface area (Å²) in [5.41, 5.74) is 0.526. The third kappa shape index (κ3) is 3.90. The molecule has 15 heavy (non-hydrogen) atoms. The maximum absolute atomic E-state index is 10.7. The highest BCUT2D eigenvalue weighted by molar-refractivity contribution is 6.30. The molecule has 0 heterocycles. The minimum Gasteiger partial charge on any atom is -0.491 e. The molecule has 0 saturated heterocycles. The molecule has 0 saturated carbocycles. The topological polar surface area (TPSA) is 29.5 Å². The molecule has 0 bridgehead atoms. The third-order valence-corrected chi connectivity index (χ3v) is 2.13. The standard InChI is InChI=1S/C11H14ClNO2/c1-13(2)5-6-15-11-7-10(12)4-3-9(11)8-14/h3-4,7-8H,5-6H2,1-2H3. The van der Waals surface area contributed by atoms with Gasteiger partial charge in [0.15, 0.2) is 6.29 Å². The van der Waals surface area contributed by atoms with Gasteiger partial charge >= 0.3 is 0 Å².